The molecular formula is C25H20ClF3N4O2. The maximum Gasteiger partial charge on any atom is 0.418 e. The van der Waals surface area contributed by atoms with Crippen LogP contribution in [0.15, 0.2) is 71.7 Å². The first-order chi connectivity index (χ1) is 16.7. The van der Waals surface area contributed by atoms with Crippen molar-refractivity contribution in [2.45, 2.75) is 25.4 Å². The summed E-state index contributed by atoms with van der Waals surface area (Å²) in [6.07, 6.45) is -4.07. The standard InChI is InChI=1S/C25H20ClF3N4O2/c1-2-17-18-13-16(10-11-20(18)31-23(17)35)30-24(33-22(34)14-6-5-7-15(26)12-14)32-21-9-4-3-8-19(21)25(27,28)29/h3-13,17H,2H2,1H3,(H,31,35)(H2,30,32,33,34). The third-order valence-electron chi connectivity index (χ3n) is 5.43. The molecule has 4 rings (SSSR count). The number of alkyl halides is 3. The van der Waals surface area contributed by atoms with Crippen LogP contribution in [0.4, 0.5) is 30.2 Å². The predicted molar refractivity (Wildman–Crippen MR) is 129 cm³/mol. The minimum atomic E-state index is -4.64. The van der Waals surface area contributed by atoms with E-state index in [2.05, 4.69) is 20.9 Å². The van der Waals surface area contributed by atoms with E-state index < -0.39 is 17.6 Å². The van der Waals surface area contributed by atoms with Gasteiger partial charge >= 0.3 is 6.18 Å². The number of carbonyl (C=O) groups excluding carboxylic acids is 2. The Balaban J connectivity index is 1.72. The third-order valence-corrected chi connectivity index (χ3v) is 5.67. The van der Waals surface area contributed by atoms with Crippen LogP contribution >= 0.6 is 11.6 Å². The number of para-hydroxylation sites is 1. The molecule has 1 unspecified atom stereocenters. The smallest absolute Gasteiger partial charge is 0.326 e. The Hall–Kier alpha value is -3.85. The molecule has 2 amide bonds. The molecule has 0 saturated heterocycles. The van der Waals surface area contributed by atoms with E-state index in [0.717, 1.165) is 11.6 Å². The molecule has 0 spiro atoms. The summed E-state index contributed by atoms with van der Waals surface area (Å²) in [5, 5.41) is 8.54. The highest BCUT2D eigenvalue weighted by Crippen LogP contribution is 2.37. The second kappa shape index (κ2) is 9.79. The lowest BCUT2D eigenvalue weighted by molar-refractivity contribution is -0.137. The van der Waals surface area contributed by atoms with E-state index in [1.807, 2.05) is 6.92 Å². The van der Waals surface area contributed by atoms with Gasteiger partial charge in [-0.15, -0.1) is 0 Å². The van der Waals surface area contributed by atoms with Crippen LogP contribution < -0.4 is 16.0 Å². The van der Waals surface area contributed by atoms with E-state index in [-0.39, 0.29) is 29.0 Å². The molecule has 35 heavy (non-hydrogen) atoms. The zero-order valence-corrected chi connectivity index (χ0v) is 19.2. The van der Waals surface area contributed by atoms with E-state index in [1.54, 1.807) is 30.3 Å². The molecule has 1 aliphatic rings. The molecule has 180 valence electrons. The van der Waals surface area contributed by atoms with Gasteiger partial charge in [0.1, 0.15) is 0 Å². The molecule has 1 atom stereocenters. The Morgan fingerprint density at radius 1 is 1.09 bits per heavy atom. The fraction of sp³-hybridized carbons (Fsp3) is 0.160. The van der Waals surface area contributed by atoms with E-state index in [1.165, 1.54) is 30.3 Å². The molecular weight excluding hydrogens is 481 g/mol. The number of guanidine groups is 1. The molecule has 3 N–H and O–H groups in total. The van der Waals surface area contributed by atoms with Gasteiger partial charge in [0.2, 0.25) is 11.9 Å². The highest BCUT2D eigenvalue weighted by atomic mass is 35.5. The molecule has 0 radical (unpaired) electrons. The van der Waals surface area contributed by atoms with Crippen molar-refractivity contribution >= 4 is 46.4 Å². The lowest BCUT2D eigenvalue weighted by Gasteiger charge is -2.15. The Morgan fingerprint density at radius 3 is 2.57 bits per heavy atom. The molecule has 6 nitrogen and oxygen atoms in total. The second-order valence-corrected chi connectivity index (χ2v) is 8.25. The fourth-order valence-corrected chi connectivity index (χ4v) is 3.96. The summed E-state index contributed by atoms with van der Waals surface area (Å²) in [5.41, 5.74) is 0.721. The van der Waals surface area contributed by atoms with Crippen LogP contribution in [0, 0.1) is 0 Å². The number of carbonyl (C=O) groups is 2. The summed E-state index contributed by atoms with van der Waals surface area (Å²) in [6.45, 7) is 1.88. The lowest BCUT2D eigenvalue weighted by atomic mass is 9.98. The molecule has 1 heterocycles. The van der Waals surface area contributed by atoms with Crippen molar-refractivity contribution in [3.05, 3.63) is 88.4 Å². The van der Waals surface area contributed by atoms with Gasteiger partial charge in [0, 0.05) is 22.0 Å². The van der Waals surface area contributed by atoms with Gasteiger partial charge in [0.05, 0.1) is 17.2 Å². The first-order valence-electron chi connectivity index (χ1n) is 10.7. The van der Waals surface area contributed by atoms with Gasteiger partial charge in [-0.1, -0.05) is 36.7 Å². The Labute approximate surface area is 204 Å². The molecule has 0 bridgehead atoms. The number of rotatable bonds is 4. The van der Waals surface area contributed by atoms with Gasteiger partial charge in [-0.2, -0.15) is 13.2 Å². The van der Waals surface area contributed by atoms with Crippen LogP contribution in [0.1, 0.15) is 40.7 Å². The highest BCUT2D eigenvalue weighted by Gasteiger charge is 2.33. The fourth-order valence-electron chi connectivity index (χ4n) is 3.77. The molecule has 1 aliphatic heterocycles. The SMILES string of the molecule is CCC1C(=O)Nc2ccc(NC(=Nc3ccccc3C(F)(F)F)NC(=O)c3cccc(Cl)c3)cc21. The Kier molecular flexibility index (Phi) is 6.79. The first-order valence-corrected chi connectivity index (χ1v) is 11.1. The second-order valence-electron chi connectivity index (χ2n) is 7.82. The van der Waals surface area contributed by atoms with Crippen LogP contribution in [0.25, 0.3) is 0 Å². The number of hydrogen-bond donors (Lipinski definition) is 3. The van der Waals surface area contributed by atoms with Crippen LogP contribution in [-0.4, -0.2) is 17.8 Å². The average Bonchev–Trinajstić information content (AvgIpc) is 3.12. The number of nitrogens with zero attached hydrogens (tertiary/aromatic N) is 1. The van der Waals surface area contributed by atoms with Crippen molar-refractivity contribution in [2.24, 2.45) is 4.99 Å². The molecule has 10 heteroatoms. The van der Waals surface area contributed by atoms with Gasteiger partial charge in [0.25, 0.3) is 5.91 Å². The van der Waals surface area contributed by atoms with Crippen LogP contribution in [0.5, 0.6) is 0 Å². The number of fused-ring (bicyclic) bond motifs is 1. The van der Waals surface area contributed by atoms with E-state index >= 15 is 0 Å². The van der Waals surface area contributed by atoms with Crippen molar-refractivity contribution in [1.82, 2.24) is 5.32 Å². The van der Waals surface area contributed by atoms with Crippen LogP contribution in [0.3, 0.4) is 0 Å². The third kappa shape index (κ3) is 5.46. The van der Waals surface area contributed by atoms with Gasteiger partial charge in [-0.05, 0) is 60.5 Å². The number of aliphatic imine (C=N–C) groups is 1. The topological polar surface area (TPSA) is 82.6 Å². The van der Waals surface area contributed by atoms with Crippen molar-refractivity contribution in [3.63, 3.8) is 0 Å². The molecule has 0 aliphatic carbocycles. The van der Waals surface area contributed by atoms with Gasteiger partial charge in [-0.3, -0.25) is 14.9 Å². The molecule has 0 aromatic heterocycles. The largest absolute Gasteiger partial charge is 0.418 e. The minimum Gasteiger partial charge on any atom is -0.326 e. The maximum atomic E-state index is 13.5. The number of amides is 2. The summed E-state index contributed by atoms with van der Waals surface area (Å²) >= 11 is 5.96. The zero-order chi connectivity index (χ0) is 25.2. The normalized spacial score (nSPS) is 15.4. The maximum absolute atomic E-state index is 13.5. The summed E-state index contributed by atoms with van der Waals surface area (Å²) in [6, 6.07) is 15.9. The van der Waals surface area contributed by atoms with Crippen molar-refractivity contribution in [1.29, 1.82) is 0 Å². The van der Waals surface area contributed by atoms with Gasteiger partial charge < -0.3 is 10.6 Å². The average molecular weight is 501 g/mol. The predicted octanol–water partition coefficient (Wildman–Crippen LogP) is 6.33. The number of hydrogen-bond acceptors (Lipinski definition) is 3. The van der Waals surface area contributed by atoms with Crippen molar-refractivity contribution < 1.29 is 22.8 Å². The monoisotopic (exact) mass is 500 g/mol. The quantitative estimate of drug-likeness (QED) is 0.289. The lowest BCUT2D eigenvalue weighted by Crippen LogP contribution is -2.36. The number of halogens is 4. The molecule has 0 saturated carbocycles. The number of nitrogens with one attached hydrogen (secondary N) is 3. The number of anilines is 2. The molecule has 0 fully saturated rings. The molecule has 3 aromatic carbocycles. The van der Waals surface area contributed by atoms with E-state index in [0.29, 0.717) is 22.8 Å². The van der Waals surface area contributed by atoms with Crippen molar-refractivity contribution in [2.75, 3.05) is 10.6 Å². The Morgan fingerprint density at radius 2 is 1.86 bits per heavy atom. The highest BCUT2D eigenvalue weighted by molar-refractivity contribution is 6.31. The summed E-state index contributed by atoms with van der Waals surface area (Å²) in [7, 11) is 0. The van der Waals surface area contributed by atoms with Crippen LogP contribution in [0.2, 0.25) is 5.02 Å². The summed E-state index contributed by atoms with van der Waals surface area (Å²) in [5.74, 6) is -1.31. The van der Waals surface area contributed by atoms with E-state index in [4.69, 9.17) is 11.6 Å². The minimum absolute atomic E-state index is 0.123. The zero-order valence-electron chi connectivity index (χ0n) is 18.4. The summed E-state index contributed by atoms with van der Waals surface area (Å²) in [4.78, 5) is 29.1. The number of benzene rings is 3. The van der Waals surface area contributed by atoms with Gasteiger partial charge in [0.15, 0.2) is 0 Å². The summed E-state index contributed by atoms with van der Waals surface area (Å²) < 4.78 is 40.6. The van der Waals surface area contributed by atoms with Gasteiger partial charge in [-0.25, -0.2) is 4.99 Å². The van der Waals surface area contributed by atoms with E-state index in [9.17, 15) is 22.8 Å². The van der Waals surface area contributed by atoms with Crippen molar-refractivity contribution in [3.8, 4) is 0 Å². The van der Waals surface area contributed by atoms with Crippen LogP contribution in [-0.2, 0) is 11.0 Å². The Bertz CT molecular complexity index is 1320. The first kappa shape index (κ1) is 24.3. The molecule has 3 aromatic rings.